The van der Waals surface area contributed by atoms with Crippen molar-refractivity contribution < 1.29 is 23.2 Å². The summed E-state index contributed by atoms with van der Waals surface area (Å²) in [6.07, 6.45) is 2.27. The van der Waals surface area contributed by atoms with Crippen molar-refractivity contribution in [3.8, 4) is 0 Å². The van der Waals surface area contributed by atoms with E-state index in [2.05, 4.69) is 10.5 Å². The van der Waals surface area contributed by atoms with Crippen LogP contribution in [0.25, 0.3) is 5.76 Å². The average molecular weight is 365 g/mol. The Hall–Kier alpha value is -2.68. The summed E-state index contributed by atoms with van der Waals surface area (Å²) in [5.74, 6) is -1.03. The minimum absolute atomic E-state index is 0.0714. The van der Waals surface area contributed by atoms with Gasteiger partial charge in [0.15, 0.2) is 9.84 Å². The van der Waals surface area contributed by atoms with Gasteiger partial charge < -0.3 is 20.7 Å². The van der Waals surface area contributed by atoms with Gasteiger partial charge in [-0.25, -0.2) is 8.42 Å². The van der Waals surface area contributed by atoms with Crippen molar-refractivity contribution in [3.05, 3.63) is 34.4 Å². The van der Waals surface area contributed by atoms with Crippen LogP contribution < -0.4 is 5.32 Å². The van der Waals surface area contributed by atoms with Gasteiger partial charge in [0.2, 0.25) is 0 Å². The van der Waals surface area contributed by atoms with Crippen molar-refractivity contribution in [2.24, 2.45) is 5.16 Å². The Bertz CT molecular complexity index is 901. The van der Waals surface area contributed by atoms with Crippen LogP contribution in [-0.4, -0.2) is 51.3 Å². The highest BCUT2D eigenvalue weighted by Crippen LogP contribution is 2.30. The van der Waals surface area contributed by atoms with Gasteiger partial charge in [-0.3, -0.25) is 4.79 Å². The molecule has 0 aromatic heterocycles. The molecular weight excluding hydrogens is 346 g/mol. The molecule has 0 spiro atoms. The number of carbonyl (C=O) groups excluding carboxylic acids is 1. The van der Waals surface area contributed by atoms with E-state index in [1.807, 2.05) is 0 Å². The molecule has 1 aromatic carbocycles. The summed E-state index contributed by atoms with van der Waals surface area (Å²) in [5.41, 5.74) is 1.27. The molecule has 8 nitrogen and oxygen atoms in total. The molecule has 25 heavy (non-hydrogen) atoms. The van der Waals surface area contributed by atoms with Crippen molar-refractivity contribution in [2.45, 2.75) is 18.2 Å². The second kappa shape index (κ2) is 7.06. The Morgan fingerprint density at radius 3 is 2.60 bits per heavy atom. The van der Waals surface area contributed by atoms with E-state index >= 15 is 0 Å². The Morgan fingerprint density at radius 2 is 2.12 bits per heavy atom. The van der Waals surface area contributed by atoms with Crippen molar-refractivity contribution in [1.82, 2.24) is 5.32 Å². The number of oxime groups is 1. The second-order valence-corrected chi connectivity index (χ2v) is 7.47. The van der Waals surface area contributed by atoms with E-state index in [1.54, 1.807) is 6.92 Å². The lowest BCUT2D eigenvalue weighted by atomic mass is 9.95. The number of nitrogens with zero attached hydrogens (tertiary/aromatic N) is 1. The molecule has 2 rings (SSSR count). The minimum atomic E-state index is -3.54. The first-order valence-electron chi connectivity index (χ1n) is 7.41. The maximum absolute atomic E-state index is 12.1. The zero-order chi connectivity index (χ0) is 18.8. The Morgan fingerprint density at radius 1 is 1.44 bits per heavy atom. The lowest BCUT2D eigenvalue weighted by Crippen LogP contribution is -2.22. The largest absolute Gasteiger partial charge is 0.506 e. The van der Waals surface area contributed by atoms with E-state index < -0.39 is 21.5 Å². The zero-order valence-electron chi connectivity index (χ0n) is 14.1. The van der Waals surface area contributed by atoms with Gasteiger partial charge in [-0.1, -0.05) is 5.16 Å². The highest BCUT2D eigenvalue weighted by molar-refractivity contribution is 7.90. The third kappa shape index (κ3) is 3.55. The summed E-state index contributed by atoms with van der Waals surface area (Å²) in [5, 5.41) is 24.1. The molecule has 134 valence electrons. The molecule has 0 radical (unpaired) electrons. The van der Waals surface area contributed by atoms with E-state index in [9.17, 15) is 18.3 Å². The summed E-state index contributed by atoms with van der Waals surface area (Å²) < 4.78 is 24.2. The monoisotopic (exact) mass is 365 g/mol. The van der Waals surface area contributed by atoms with Crippen LogP contribution in [0.5, 0.6) is 0 Å². The molecule has 1 aliphatic heterocycles. The van der Waals surface area contributed by atoms with Gasteiger partial charge in [-0.15, -0.1) is 0 Å². The molecule has 0 saturated heterocycles. The standard InChI is InChI=1S/C16H19N3O5S/c1-9-10(15(20)11(8-17)16(21)18-2)4-5-13(25(3,22)23)14(9)12-6-7-24-19-12/h4-5,8,17,20H,6-7H2,1-3H3,(H,18,21)/b15-11+,17-8?. The van der Waals surface area contributed by atoms with E-state index in [0.29, 0.717) is 29.9 Å². The van der Waals surface area contributed by atoms with Crippen molar-refractivity contribution in [3.63, 3.8) is 0 Å². The van der Waals surface area contributed by atoms with E-state index in [-0.39, 0.29) is 16.0 Å². The van der Waals surface area contributed by atoms with Crippen LogP contribution in [0.2, 0.25) is 0 Å². The SMILES string of the molecule is CNC(=O)/C(C=N)=C(/O)c1ccc(S(C)(=O)=O)c(C2=NOCC2)c1C. The predicted octanol–water partition coefficient (Wildman–Crippen LogP) is 1.19. The maximum Gasteiger partial charge on any atom is 0.256 e. The Balaban J connectivity index is 2.79. The fourth-order valence-corrected chi connectivity index (χ4v) is 3.57. The molecule has 1 heterocycles. The van der Waals surface area contributed by atoms with Gasteiger partial charge >= 0.3 is 0 Å². The molecule has 1 amide bonds. The van der Waals surface area contributed by atoms with Crippen LogP contribution in [0.1, 0.15) is 23.1 Å². The van der Waals surface area contributed by atoms with Crippen LogP contribution in [-0.2, 0) is 19.5 Å². The van der Waals surface area contributed by atoms with E-state index in [4.69, 9.17) is 10.2 Å². The number of amides is 1. The third-order valence-electron chi connectivity index (χ3n) is 3.85. The van der Waals surface area contributed by atoms with Gasteiger partial charge in [0, 0.05) is 37.1 Å². The first-order valence-corrected chi connectivity index (χ1v) is 9.30. The van der Waals surface area contributed by atoms with E-state index in [1.165, 1.54) is 19.2 Å². The van der Waals surface area contributed by atoms with Crippen LogP contribution in [0.3, 0.4) is 0 Å². The molecule has 0 unspecified atom stereocenters. The summed E-state index contributed by atoms with van der Waals surface area (Å²) in [6.45, 7) is 1.97. The topological polar surface area (TPSA) is 129 Å². The number of carbonyl (C=O) groups is 1. The number of rotatable bonds is 5. The Kier molecular flexibility index (Phi) is 5.27. The number of sulfone groups is 1. The number of likely N-dealkylation sites (N-methyl/N-ethyl adjacent to an activating group) is 1. The first kappa shape index (κ1) is 18.7. The summed E-state index contributed by atoms with van der Waals surface area (Å²) in [7, 11) is -2.16. The molecule has 0 aliphatic carbocycles. The molecule has 9 heteroatoms. The summed E-state index contributed by atoms with van der Waals surface area (Å²) in [6, 6.07) is 2.77. The molecule has 0 fully saturated rings. The van der Waals surface area contributed by atoms with Crippen LogP contribution >= 0.6 is 0 Å². The predicted molar refractivity (Wildman–Crippen MR) is 93.8 cm³/mol. The highest BCUT2D eigenvalue weighted by Gasteiger charge is 2.26. The van der Waals surface area contributed by atoms with Crippen LogP contribution in [0, 0.1) is 12.3 Å². The van der Waals surface area contributed by atoms with Gasteiger partial charge in [0.05, 0.1) is 16.2 Å². The molecular formula is C16H19N3O5S. The van der Waals surface area contributed by atoms with Crippen molar-refractivity contribution in [1.29, 1.82) is 5.41 Å². The summed E-state index contributed by atoms with van der Waals surface area (Å²) >= 11 is 0. The van der Waals surface area contributed by atoms with Crippen LogP contribution in [0.4, 0.5) is 0 Å². The number of nitrogens with one attached hydrogen (secondary N) is 2. The quantitative estimate of drug-likeness (QED) is 0.410. The molecule has 1 aliphatic rings. The first-order chi connectivity index (χ1) is 11.7. The van der Waals surface area contributed by atoms with Crippen molar-refractivity contribution >= 4 is 33.4 Å². The van der Waals surface area contributed by atoms with Crippen molar-refractivity contribution in [2.75, 3.05) is 19.9 Å². The highest BCUT2D eigenvalue weighted by atomic mass is 32.2. The molecule has 0 saturated carbocycles. The maximum atomic E-state index is 12.1. The zero-order valence-corrected chi connectivity index (χ0v) is 14.9. The number of benzene rings is 1. The molecule has 0 bridgehead atoms. The number of aliphatic hydroxyl groups excluding tert-OH is 1. The van der Waals surface area contributed by atoms with Gasteiger partial charge in [-0.2, -0.15) is 0 Å². The normalized spacial score (nSPS) is 15.1. The smallest absolute Gasteiger partial charge is 0.256 e. The van der Waals surface area contributed by atoms with Crippen LogP contribution in [0.15, 0.2) is 27.8 Å². The average Bonchev–Trinajstić information content (AvgIpc) is 3.07. The number of hydrogen-bond acceptors (Lipinski definition) is 7. The lowest BCUT2D eigenvalue weighted by Gasteiger charge is -2.15. The summed E-state index contributed by atoms with van der Waals surface area (Å²) in [4.78, 5) is 16.9. The molecule has 3 N–H and O–H groups in total. The molecule has 1 aromatic rings. The fraction of sp³-hybridized carbons (Fsp3) is 0.312. The van der Waals surface area contributed by atoms with E-state index in [0.717, 1.165) is 12.5 Å². The lowest BCUT2D eigenvalue weighted by molar-refractivity contribution is -0.116. The fourth-order valence-electron chi connectivity index (χ4n) is 2.61. The second-order valence-electron chi connectivity index (χ2n) is 5.49. The number of aliphatic hydroxyl groups is 1. The van der Waals surface area contributed by atoms with Gasteiger partial charge in [0.25, 0.3) is 5.91 Å². The minimum Gasteiger partial charge on any atom is -0.506 e. The van der Waals surface area contributed by atoms with Gasteiger partial charge in [-0.05, 0) is 24.6 Å². The number of hydrogen-bond donors (Lipinski definition) is 3. The molecule has 0 atom stereocenters. The van der Waals surface area contributed by atoms with Gasteiger partial charge in [0.1, 0.15) is 12.4 Å². The third-order valence-corrected chi connectivity index (χ3v) is 4.99. The Labute approximate surface area is 145 Å².